The van der Waals surface area contributed by atoms with E-state index in [9.17, 15) is 19.7 Å². The van der Waals surface area contributed by atoms with E-state index in [1.54, 1.807) is 4.90 Å². The molecule has 3 rings (SSSR count). The van der Waals surface area contributed by atoms with Crippen molar-refractivity contribution in [1.29, 1.82) is 5.26 Å². The van der Waals surface area contributed by atoms with Crippen LogP contribution in [-0.4, -0.2) is 35.5 Å². The van der Waals surface area contributed by atoms with Crippen molar-refractivity contribution in [3.63, 3.8) is 0 Å². The molecule has 2 aliphatic heterocycles. The number of nitriles is 1. The minimum Gasteiger partial charge on any atom is -0.363 e. The van der Waals surface area contributed by atoms with Crippen LogP contribution in [0.25, 0.3) is 0 Å². The normalized spacial score (nSPS) is 23.3. The van der Waals surface area contributed by atoms with Crippen LogP contribution in [0.5, 0.6) is 0 Å². The van der Waals surface area contributed by atoms with Gasteiger partial charge in [0.05, 0.1) is 23.1 Å². The molecule has 23 heavy (non-hydrogen) atoms. The minimum absolute atomic E-state index is 0.150. The van der Waals surface area contributed by atoms with E-state index in [0.29, 0.717) is 25.1 Å². The van der Waals surface area contributed by atoms with E-state index >= 15 is 0 Å². The second kappa shape index (κ2) is 5.24. The smallest absolute Gasteiger partial charge is 0.322 e. The summed E-state index contributed by atoms with van der Waals surface area (Å²) in [6, 6.07) is 5.53. The molecular formula is C14H13N5O4. The molecule has 2 aliphatic rings. The van der Waals surface area contributed by atoms with Gasteiger partial charge in [0.2, 0.25) is 0 Å². The summed E-state index contributed by atoms with van der Waals surface area (Å²) in [5.41, 5.74) is -0.719. The third-order valence-corrected chi connectivity index (χ3v) is 4.15. The monoisotopic (exact) mass is 315 g/mol. The zero-order chi connectivity index (χ0) is 16.6. The summed E-state index contributed by atoms with van der Waals surface area (Å²) in [7, 11) is 0. The van der Waals surface area contributed by atoms with E-state index in [-0.39, 0.29) is 17.8 Å². The van der Waals surface area contributed by atoms with Crippen LogP contribution in [0, 0.1) is 21.4 Å². The molecule has 1 unspecified atom stereocenters. The van der Waals surface area contributed by atoms with Crippen LogP contribution in [-0.2, 0) is 4.79 Å². The van der Waals surface area contributed by atoms with E-state index in [0.717, 1.165) is 0 Å². The number of nitro benzene ring substituents is 1. The van der Waals surface area contributed by atoms with Gasteiger partial charge < -0.3 is 10.2 Å². The quantitative estimate of drug-likeness (QED) is 0.468. The first-order valence-corrected chi connectivity index (χ1v) is 7.02. The fourth-order valence-corrected chi connectivity index (χ4v) is 3.08. The maximum Gasteiger partial charge on any atom is 0.322 e. The van der Waals surface area contributed by atoms with E-state index in [1.807, 2.05) is 6.07 Å². The molecule has 0 radical (unpaired) electrons. The lowest BCUT2D eigenvalue weighted by Crippen LogP contribution is -2.58. The Morgan fingerprint density at radius 3 is 2.78 bits per heavy atom. The molecule has 0 aliphatic carbocycles. The molecule has 0 saturated carbocycles. The number of benzene rings is 1. The fourth-order valence-electron chi connectivity index (χ4n) is 3.08. The van der Waals surface area contributed by atoms with Crippen molar-refractivity contribution < 1.29 is 14.5 Å². The average molecular weight is 315 g/mol. The Balaban J connectivity index is 1.96. The van der Waals surface area contributed by atoms with Crippen LogP contribution in [0.2, 0.25) is 0 Å². The van der Waals surface area contributed by atoms with Crippen molar-refractivity contribution in [3.05, 3.63) is 33.9 Å². The van der Waals surface area contributed by atoms with E-state index < -0.39 is 22.4 Å². The van der Waals surface area contributed by atoms with Crippen LogP contribution in [0.15, 0.2) is 18.2 Å². The van der Waals surface area contributed by atoms with Gasteiger partial charge in [-0.15, -0.1) is 0 Å². The molecule has 1 aromatic carbocycles. The Morgan fingerprint density at radius 2 is 2.17 bits per heavy atom. The SMILES string of the molecule is N#Cc1ccc(N2CCCC3(C2)NC(=O)NC3=O)c([N+](=O)[O-])c1. The number of amides is 3. The molecule has 2 heterocycles. The third-order valence-electron chi connectivity index (χ3n) is 4.15. The first kappa shape index (κ1) is 14.8. The van der Waals surface area contributed by atoms with Crippen molar-refractivity contribution in [1.82, 2.24) is 10.6 Å². The summed E-state index contributed by atoms with van der Waals surface area (Å²) in [6.07, 6.45) is 1.08. The predicted molar refractivity (Wildman–Crippen MR) is 78.7 cm³/mol. The molecule has 2 saturated heterocycles. The summed E-state index contributed by atoms with van der Waals surface area (Å²) in [4.78, 5) is 35.9. The molecule has 2 fully saturated rings. The highest BCUT2D eigenvalue weighted by molar-refractivity contribution is 6.07. The van der Waals surface area contributed by atoms with Crippen molar-refractivity contribution in [2.75, 3.05) is 18.0 Å². The molecular weight excluding hydrogens is 302 g/mol. The summed E-state index contributed by atoms with van der Waals surface area (Å²) in [6.45, 7) is 0.676. The van der Waals surface area contributed by atoms with Gasteiger partial charge in [-0.1, -0.05) is 0 Å². The number of nitrogens with zero attached hydrogens (tertiary/aromatic N) is 3. The third kappa shape index (κ3) is 2.44. The maximum absolute atomic E-state index is 12.1. The van der Waals surface area contributed by atoms with Crippen LogP contribution >= 0.6 is 0 Å². The topological polar surface area (TPSA) is 128 Å². The molecule has 118 valence electrons. The van der Waals surface area contributed by atoms with Crippen LogP contribution in [0.4, 0.5) is 16.2 Å². The lowest BCUT2D eigenvalue weighted by Gasteiger charge is -2.39. The van der Waals surface area contributed by atoms with Crippen molar-refractivity contribution >= 4 is 23.3 Å². The standard InChI is InChI=1S/C14H13N5O4/c15-7-9-2-3-10(11(6-9)19(22)23)18-5-1-4-14(8-18)12(20)16-13(21)17-14/h2-3,6H,1,4-5,8H2,(H2,16,17,20,21). The number of hydrogen-bond donors (Lipinski definition) is 2. The molecule has 0 aromatic heterocycles. The molecule has 9 nitrogen and oxygen atoms in total. The Morgan fingerprint density at radius 1 is 1.39 bits per heavy atom. The summed E-state index contributed by atoms with van der Waals surface area (Å²) < 4.78 is 0. The summed E-state index contributed by atoms with van der Waals surface area (Å²) >= 11 is 0. The minimum atomic E-state index is -1.06. The largest absolute Gasteiger partial charge is 0.363 e. The highest BCUT2D eigenvalue weighted by atomic mass is 16.6. The number of piperidine rings is 1. The number of carbonyl (C=O) groups is 2. The Kier molecular flexibility index (Phi) is 3.37. The van der Waals surface area contributed by atoms with Gasteiger partial charge in [-0.05, 0) is 25.0 Å². The Labute approximate surface area is 131 Å². The molecule has 0 bridgehead atoms. The number of rotatable bonds is 2. The first-order chi connectivity index (χ1) is 10.9. The number of carbonyl (C=O) groups excluding carboxylic acids is 2. The number of hydrogen-bond acceptors (Lipinski definition) is 6. The average Bonchev–Trinajstić information content (AvgIpc) is 2.79. The van der Waals surface area contributed by atoms with E-state index in [4.69, 9.17) is 5.26 Å². The van der Waals surface area contributed by atoms with Gasteiger partial charge in [0, 0.05) is 12.6 Å². The van der Waals surface area contributed by atoms with Gasteiger partial charge in [0.15, 0.2) is 0 Å². The van der Waals surface area contributed by atoms with Crippen LogP contribution in [0.3, 0.4) is 0 Å². The van der Waals surface area contributed by atoms with Gasteiger partial charge in [-0.25, -0.2) is 4.79 Å². The van der Waals surface area contributed by atoms with Gasteiger partial charge in [-0.3, -0.25) is 20.2 Å². The van der Waals surface area contributed by atoms with Crippen LogP contribution in [0.1, 0.15) is 18.4 Å². The number of anilines is 1. The number of urea groups is 1. The highest BCUT2D eigenvalue weighted by Crippen LogP contribution is 2.34. The summed E-state index contributed by atoms with van der Waals surface area (Å²) in [5.74, 6) is -0.413. The molecule has 1 spiro atoms. The first-order valence-electron chi connectivity index (χ1n) is 7.02. The Bertz CT molecular complexity index is 756. The Hall–Kier alpha value is -3.15. The van der Waals surface area contributed by atoms with E-state index in [2.05, 4.69) is 10.6 Å². The zero-order valence-corrected chi connectivity index (χ0v) is 12.0. The van der Waals surface area contributed by atoms with Crippen LogP contribution < -0.4 is 15.5 Å². The number of imide groups is 1. The van der Waals surface area contributed by atoms with E-state index in [1.165, 1.54) is 18.2 Å². The van der Waals surface area contributed by atoms with Crippen molar-refractivity contribution in [3.8, 4) is 6.07 Å². The molecule has 9 heteroatoms. The van der Waals surface area contributed by atoms with Crippen molar-refractivity contribution in [2.45, 2.75) is 18.4 Å². The molecule has 1 aromatic rings. The van der Waals surface area contributed by atoms with Crippen molar-refractivity contribution in [2.24, 2.45) is 0 Å². The molecule has 3 amide bonds. The zero-order valence-electron chi connectivity index (χ0n) is 12.0. The van der Waals surface area contributed by atoms with Gasteiger partial charge in [0.1, 0.15) is 11.2 Å². The lowest BCUT2D eigenvalue weighted by molar-refractivity contribution is -0.384. The maximum atomic E-state index is 12.1. The molecule has 2 N–H and O–H groups in total. The highest BCUT2D eigenvalue weighted by Gasteiger charge is 2.49. The molecule has 1 atom stereocenters. The predicted octanol–water partition coefficient (Wildman–Crippen LogP) is 0.645. The second-order valence-corrected chi connectivity index (χ2v) is 5.59. The summed E-state index contributed by atoms with van der Waals surface area (Å²) in [5, 5.41) is 25.0. The second-order valence-electron chi connectivity index (χ2n) is 5.59. The number of nitro groups is 1. The van der Waals surface area contributed by atoms with Gasteiger partial charge >= 0.3 is 6.03 Å². The fraction of sp³-hybridized carbons (Fsp3) is 0.357. The lowest BCUT2D eigenvalue weighted by atomic mass is 9.88. The van der Waals surface area contributed by atoms with Gasteiger partial charge in [0.25, 0.3) is 11.6 Å². The number of nitrogens with one attached hydrogen (secondary N) is 2. The van der Waals surface area contributed by atoms with Gasteiger partial charge in [-0.2, -0.15) is 5.26 Å².